The molecular formula is C17H12BF4NO7. The Kier molecular flexibility index (Phi) is 4.36. The van der Waals surface area contributed by atoms with E-state index >= 15 is 0 Å². The Morgan fingerprint density at radius 2 is 1.57 bits per heavy atom. The van der Waals surface area contributed by atoms with Crippen LogP contribution in [0.15, 0.2) is 6.20 Å². The van der Waals surface area contributed by atoms with Gasteiger partial charge in [-0.1, -0.05) is 0 Å². The van der Waals surface area contributed by atoms with E-state index in [0.717, 1.165) is 24.6 Å². The van der Waals surface area contributed by atoms with Crippen LogP contribution in [0.1, 0.15) is 43.1 Å². The molecule has 30 heavy (non-hydrogen) atoms. The summed E-state index contributed by atoms with van der Waals surface area (Å²) in [5, 5.41) is -0.932. The van der Waals surface area contributed by atoms with Gasteiger partial charge in [0.1, 0.15) is 11.1 Å². The van der Waals surface area contributed by atoms with E-state index in [2.05, 4.69) is 0 Å². The molecule has 158 valence electrons. The van der Waals surface area contributed by atoms with Crippen LogP contribution >= 0.6 is 0 Å². The molecule has 0 spiro atoms. The summed E-state index contributed by atoms with van der Waals surface area (Å²) in [6, 6.07) is -0.400. The maximum Gasteiger partial charge on any atom is 0.782 e. The number of halogens is 4. The Hall–Kier alpha value is -3.38. The van der Waals surface area contributed by atoms with Crippen LogP contribution in [-0.4, -0.2) is 24.9 Å². The van der Waals surface area contributed by atoms with Gasteiger partial charge in [0, 0.05) is 26.7 Å². The Morgan fingerprint density at radius 3 is 2.10 bits per heavy atom. The topological polar surface area (TPSA) is 92.0 Å². The van der Waals surface area contributed by atoms with E-state index < -0.39 is 76.4 Å². The fraction of sp³-hybridized carbons (Fsp3) is 0.294. The smallest absolute Gasteiger partial charge is 0.610 e. The summed E-state index contributed by atoms with van der Waals surface area (Å²) >= 11 is 0. The van der Waals surface area contributed by atoms with Gasteiger partial charge >= 0.3 is 12.9 Å². The monoisotopic (exact) mass is 429 g/mol. The van der Waals surface area contributed by atoms with E-state index in [1.165, 1.54) is 0 Å². The second-order valence-corrected chi connectivity index (χ2v) is 6.81. The van der Waals surface area contributed by atoms with E-state index in [1.807, 2.05) is 0 Å². The van der Waals surface area contributed by atoms with Crippen molar-refractivity contribution in [1.29, 1.82) is 0 Å². The number of carbonyl (C=O) groups excluding carboxylic acids is 3. The van der Waals surface area contributed by atoms with Crippen molar-refractivity contribution >= 4 is 35.8 Å². The molecule has 0 unspecified atom stereocenters. The van der Waals surface area contributed by atoms with Crippen LogP contribution in [0, 0.1) is 23.3 Å². The minimum atomic E-state index is -3.91. The third kappa shape index (κ3) is 3.01. The van der Waals surface area contributed by atoms with Crippen molar-refractivity contribution in [3.05, 3.63) is 35.0 Å². The molecule has 2 aromatic rings. The summed E-state index contributed by atoms with van der Waals surface area (Å²) in [4.78, 5) is 35.5. The predicted molar refractivity (Wildman–Crippen MR) is 87.6 cm³/mol. The quantitative estimate of drug-likeness (QED) is 0.243. The highest BCUT2D eigenvalue weighted by molar-refractivity contribution is 6.61. The lowest BCUT2D eigenvalue weighted by Gasteiger charge is -2.41. The number of hydrogen-bond acceptors (Lipinski definition) is 7. The van der Waals surface area contributed by atoms with Crippen molar-refractivity contribution in [1.82, 2.24) is 0 Å². The SMILES string of the molecule is CC(=O)O[B-]1(OC(C)=O)OC(=O)c2c[n+](C3CC3)c3c(F)c(F)c(F)c(F)c3c2O1. The molecule has 0 radical (unpaired) electrons. The number of hydrogen-bond donors (Lipinski definition) is 0. The van der Waals surface area contributed by atoms with Gasteiger partial charge in [-0.25, -0.2) is 13.2 Å². The van der Waals surface area contributed by atoms with Crippen molar-refractivity contribution in [3.63, 3.8) is 0 Å². The van der Waals surface area contributed by atoms with Gasteiger partial charge in [0.25, 0.3) is 17.5 Å². The Balaban J connectivity index is 2.05. The maximum atomic E-state index is 14.8. The van der Waals surface area contributed by atoms with Crippen LogP contribution in [0.5, 0.6) is 5.75 Å². The Morgan fingerprint density at radius 1 is 1.00 bits per heavy atom. The normalized spacial score (nSPS) is 17.1. The molecule has 2 heterocycles. The summed E-state index contributed by atoms with van der Waals surface area (Å²) < 4.78 is 77.9. The number of nitrogens with zero attached hydrogens (tertiary/aromatic N) is 1. The average Bonchev–Trinajstić information content (AvgIpc) is 3.47. The van der Waals surface area contributed by atoms with Crippen LogP contribution in [0.2, 0.25) is 0 Å². The summed E-state index contributed by atoms with van der Waals surface area (Å²) in [6.45, 7) is -2.17. The first-order valence-electron chi connectivity index (χ1n) is 8.72. The van der Waals surface area contributed by atoms with Gasteiger partial charge in [-0.05, 0) is 0 Å². The van der Waals surface area contributed by atoms with Crippen molar-refractivity contribution in [2.24, 2.45) is 0 Å². The molecule has 1 aromatic heterocycles. The van der Waals surface area contributed by atoms with Crippen LogP contribution in [0.3, 0.4) is 0 Å². The molecule has 1 aliphatic carbocycles. The largest absolute Gasteiger partial charge is 0.782 e. The maximum absolute atomic E-state index is 14.8. The Bertz CT molecular complexity index is 1140. The number of rotatable bonds is 3. The van der Waals surface area contributed by atoms with E-state index in [0.29, 0.717) is 12.8 Å². The van der Waals surface area contributed by atoms with E-state index in [9.17, 15) is 31.9 Å². The second kappa shape index (κ2) is 6.57. The molecule has 0 N–H and O–H groups in total. The van der Waals surface area contributed by atoms with Crippen molar-refractivity contribution in [2.75, 3.05) is 0 Å². The number of pyridine rings is 1. The van der Waals surface area contributed by atoms with Crippen molar-refractivity contribution < 1.29 is 55.1 Å². The number of aromatic nitrogens is 1. The fourth-order valence-electron chi connectivity index (χ4n) is 3.26. The van der Waals surface area contributed by atoms with Gasteiger partial charge < -0.3 is 18.6 Å². The van der Waals surface area contributed by atoms with E-state index in [1.54, 1.807) is 0 Å². The van der Waals surface area contributed by atoms with E-state index in [-0.39, 0.29) is 0 Å². The van der Waals surface area contributed by atoms with Gasteiger partial charge in [0.15, 0.2) is 29.4 Å². The first-order valence-corrected chi connectivity index (χ1v) is 8.72. The highest BCUT2D eigenvalue weighted by Crippen LogP contribution is 2.41. The molecule has 1 aromatic carbocycles. The lowest BCUT2D eigenvalue weighted by atomic mass is 9.98. The lowest BCUT2D eigenvalue weighted by Crippen LogP contribution is -2.58. The van der Waals surface area contributed by atoms with Gasteiger partial charge in [0.2, 0.25) is 11.6 Å². The zero-order valence-electron chi connectivity index (χ0n) is 15.5. The van der Waals surface area contributed by atoms with E-state index in [4.69, 9.17) is 18.6 Å². The Labute approximate surface area is 165 Å². The predicted octanol–water partition coefficient (Wildman–Crippen LogP) is 2.13. The minimum absolute atomic E-state index is 0.400. The van der Waals surface area contributed by atoms with Crippen molar-refractivity contribution in [2.45, 2.75) is 32.7 Å². The standard InChI is InChI=1S/C17H12BF4NO7/c1-6(24)27-18(28-7(2)25)29-16-9(17(26)30-18)5-23(8-3-4-8)15-10(16)11(19)12(20)13(21)14(15)22/h5,8H,3-4H2,1-2H3. The molecule has 1 aliphatic heterocycles. The molecule has 0 atom stereocenters. The average molecular weight is 429 g/mol. The van der Waals surface area contributed by atoms with Gasteiger partial charge in [0.05, 0.1) is 0 Å². The zero-order valence-corrected chi connectivity index (χ0v) is 15.5. The highest BCUT2D eigenvalue weighted by Gasteiger charge is 2.52. The first-order chi connectivity index (χ1) is 14.0. The van der Waals surface area contributed by atoms with Gasteiger partial charge in [-0.3, -0.25) is 14.4 Å². The van der Waals surface area contributed by atoms with Crippen LogP contribution < -0.4 is 9.22 Å². The number of fused-ring (bicyclic) bond motifs is 3. The molecule has 4 rings (SSSR count). The summed E-state index contributed by atoms with van der Waals surface area (Å²) in [7, 11) is 0. The minimum Gasteiger partial charge on any atom is -0.610 e. The molecule has 13 heteroatoms. The molecular weight excluding hydrogens is 417 g/mol. The summed E-state index contributed by atoms with van der Waals surface area (Å²) in [5.41, 5.74) is -1.20. The molecule has 0 bridgehead atoms. The van der Waals surface area contributed by atoms with Crippen molar-refractivity contribution in [3.8, 4) is 5.75 Å². The van der Waals surface area contributed by atoms with Crippen LogP contribution in [0.4, 0.5) is 17.6 Å². The first kappa shape index (κ1) is 19.9. The second-order valence-electron chi connectivity index (χ2n) is 6.81. The van der Waals surface area contributed by atoms with Gasteiger partial charge in [-0.2, -0.15) is 8.96 Å². The summed E-state index contributed by atoms with van der Waals surface area (Å²) in [6.07, 6.45) is 2.06. The summed E-state index contributed by atoms with van der Waals surface area (Å²) in [5.74, 6) is -12.1. The molecule has 2 aliphatic rings. The zero-order chi connectivity index (χ0) is 22.0. The molecule has 1 fully saturated rings. The highest BCUT2D eigenvalue weighted by atomic mass is 19.2. The molecule has 8 nitrogen and oxygen atoms in total. The number of carbonyl (C=O) groups is 3. The fourth-order valence-corrected chi connectivity index (χ4v) is 3.26. The third-order valence-electron chi connectivity index (χ3n) is 4.53. The van der Waals surface area contributed by atoms with Gasteiger partial charge in [-0.15, -0.1) is 0 Å². The van der Waals surface area contributed by atoms with Crippen LogP contribution in [-0.2, 0) is 23.6 Å². The lowest BCUT2D eigenvalue weighted by molar-refractivity contribution is -0.676. The molecule has 0 saturated heterocycles. The number of benzene rings is 1. The molecule has 1 saturated carbocycles. The molecule has 0 amide bonds. The van der Waals surface area contributed by atoms with Crippen LogP contribution in [0.25, 0.3) is 10.9 Å². The third-order valence-corrected chi connectivity index (χ3v) is 4.53.